The minimum absolute atomic E-state index is 0.180. The topological polar surface area (TPSA) is 79.5 Å². The highest BCUT2D eigenvalue weighted by Gasteiger charge is 2.27. The number of aromatic amines is 1. The SMILES string of the molecule is CN(C)CCSc1cc(-c2cn[nH]c2)ccc1NC(=O)C1COc2ccccc2O1. The summed E-state index contributed by atoms with van der Waals surface area (Å²) in [5.41, 5.74) is 2.81. The fraction of sp³-hybridized carbons (Fsp3) is 0.273. The number of nitrogens with zero attached hydrogens (tertiary/aromatic N) is 2. The molecule has 0 saturated carbocycles. The number of H-pyrrole nitrogens is 1. The van der Waals surface area contributed by atoms with Crippen LogP contribution >= 0.6 is 11.8 Å². The Kier molecular flexibility index (Phi) is 6.25. The Balaban J connectivity index is 1.51. The monoisotopic (exact) mass is 424 g/mol. The van der Waals surface area contributed by atoms with Crippen LogP contribution < -0.4 is 14.8 Å². The Labute approximate surface area is 179 Å². The van der Waals surface area contributed by atoms with Crippen molar-refractivity contribution in [2.45, 2.75) is 11.0 Å². The van der Waals surface area contributed by atoms with Crippen molar-refractivity contribution < 1.29 is 14.3 Å². The maximum absolute atomic E-state index is 12.9. The van der Waals surface area contributed by atoms with Gasteiger partial charge in [-0.3, -0.25) is 9.89 Å². The Morgan fingerprint density at radius 3 is 2.83 bits per heavy atom. The molecule has 30 heavy (non-hydrogen) atoms. The van der Waals surface area contributed by atoms with Gasteiger partial charge < -0.3 is 19.7 Å². The van der Waals surface area contributed by atoms with Crippen molar-refractivity contribution in [3.63, 3.8) is 0 Å². The third-order valence-electron chi connectivity index (χ3n) is 4.67. The molecule has 8 heteroatoms. The molecule has 0 bridgehead atoms. The number of anilines is 1. The van der Waals surface area contributed by atoms with Gasteiger partial charge in [0, 0.05) is 29.0 Å². The first kappa shape index (κ1) is 20.3. The number of amides is 1. The number of fused-ring (bicyclic) bond motifs is 1. The summed E-state index contributed by atoms with van der Waals surface area (Å²) in [5.74, 6) is 1.92. The van der Waals surface area contributed by atoms with Crippen molar-refractivity contribution in [3.8, 4) is 22.6 Å². The zero-order chi connectivity index (χ0) is 20.9. The molecule has 1 unspecified atom stereocenters. The van der Waals surface area contributed by atoms with Crippen molar-refractivity contribution in [1.29, 1.82) is 0 Å². The van der Waals surface area contributed by atoms with E-state index in [2.05, 4.69) is 26.5 Å². The second-order valence-electron chi connectivity index (χ2n) is 7.20. The summed E-state index contributed by atoms with van der Waals surface area (Å²) in [6, 6.07) is 13.3. The Morgan fingerprint density at radius 2 is 2.07 bits per heavy atom. The zero-order valence-electron chi connectivity index (χ0n) is 16.9. The summed E-state index contributed by atoms with van der Waals surface area (Å²) in [6.07, 6.45) is 2.94. The van der Waals surface area contributed by atoms with Gasteiger partial charge in [-0.15, -0.1) is 11.8 Å². The van der Waals surface area contributed by atoms with Gasteiger partial charge in [-0.1, -0.05) is 18.2 Å². The molecule has 2 heterocycles. The van der Waals surface area contributed by atoms with Gasteiger partial charge in [-0.25, -0.2) is 0 Å². The van der Waals surface area contributed by atoms with Crippen molar-refractivity contribution in [2.24, 2.45) is 0 Å². The van der Waals surface area contributed by atoms with Gasteiger partial charge in [0.05, 0.1) is 11.9 Å². The molecule has 0 spiro atoms. The fourth-order valence-electron chi connectivity index (χ4n) is 3.03. The number of carbonyl (C=O) groups is 1. The fourth-order valence-corrected chi connectivity index (χ4v) is 4.19. The largest absolute Gasteiger partial charge is 0.485 e. The van der Waals surface area contributed by atoms with E-state index in [1.807, 2.05) is 50.6 Å². The lowest BCUT2D eigenvalue weighted by atomic mass is 10.1. The van der Waals surface area contributed by atoms with E-state index in [-0.39, 0.29) is 12.5 Å². The number of ether oxygens (including phenoxy) is 2. The van der Waals surface area contributed by atoms with Gasteiger partial charge in [0.1, 0.15) is 6.61 Å². The van der Waals surface area contributed by atoms with Crippen LogP contribution in [-0.2, 0) is 4.79 Å². The second-order valence-corrected chi connectivity index (χ2v) is 8.34. The Hall–Kier alpha value is -2.97. The highest BCUT2D eigenvalue weighted by molar-refractivity contribution is 7.99. The molecule has 0 fully saturated rings. The van der Waals surface area contributed by atoms with E-state index in [0.29, 0.717) is 11.5 Å². The molecule has 2 aromatic carbocycles. The number of nitrogens with one attached hydrogen (secondary N) is 2. The van der Waals surface area contributed by atoms with Crippen molar-refractivity contribution in [3.05, 3.63) is 54.9 Å². The summed E-state index contributed by atoms with van der Waals surface area (Å²) in [6.45, 7) is 1.11. The van der Waals surface area contributed by atoms with Crippen LogP contribution in [0.15, 0.2) is 59.8 Å². The molecule has 1 aliphatic heterocycles. The number of para-hydroxylation sites is 2. The molecule has 0 aliphatic carbocycles. The zero-order valence-corrected chi connectivity index (χ0v) is 17.7. The van der Waals surface area contributed by atoms with Crippen LogP contribution in [0.4, 0.5) is 5.69 Å². The van der Waals surface area contributed by atoms with Gasteiger partial charge in [-0.2, -0.15) is 5.10 Å². The summed E-state index contributed by atoms with van der Waals surface area (Å²) in [7, 11) is 4.09. The third kappa shape index (κ3) is 4.77. The Morgan fingerprint density at radius 1 is 1.23 bits per heavy atom. The number of carbonyl (C=O) groups excluding carboxylic acids is 1. The molecule has 3 aromatic rings. The van der Waals surface area contributed by atoms with Crippen LogP contribution in [0.25, 0.3) is 11.1 Å². The quantitative estimate of drug-likeness (QED) is 0.565. The van der Waals surface area contributed by atoms with Gasteiger partial charge in [0.25, 0.3) is 5.91 Å². The molecular weight excluding hydrogens is 400 g/mol. The minimum atomic E-state index is -0.701. The number of rotatable bonds is 7. The van der Waals surface area contributed by atoms with Crippen LogP contribution in [-0.4, -0.2) is 60.1 Å². The molecule has 1 amide bonds. The van der Waals surface area contributed by atoms with Crippen LogP contribution in [0.2, 0.25) is 0 Å². The van der Waals surface area contributed by atoms with Crippen molar-refractivity contribution in [1.82, 2.24) is 15.1 Å². The molecule has 7 nitrogen and oxygen atoms in total. The van der Waals surface area contributed by atoms with Crippen LogP contribution in [0.1, 0.15) is 0 Å². The molecule has 1 aliphatic rings. The summed E-state index contributed by atoms with van der Waals surface area (Å²) in [5, 5.41) is 9.89. The minimum Gasteiger partial charge on any atom is -0.485 e. The predicted octanol–water partition coefficient (Wildman–Crippen LogP) is 3.51. The predicted molar refractivity (Wildman–Crippen MR) is 118 cm³/mol. The normalized spacial score (nSPS) is 15.2. The van der Waals surface area contributed by atoms with E-state index in [1.165, 1.54) is 0 Å². The molecule has 1 aromatic heterocycles. The maximum Gasteiger partial charge on any atom is 0.269 e. The molecule has 156 valence electrons. The van der Waals surface area contributed by atoms with Crippen LogP contribution in [0, 0.1) is 0 Å². The number of thioether (sulfide) groups is 1. The van der Waals surface area contributed by atoms with E-state index >= 15 is 0 Å². The molecular formula is C22H24N4O3S. The van der Waals surface area contributed by atoms with Crippen LogP contribution in [0.3, 0.4) is 0 Å². The van der Waals surface area contributed by atoms with Crippen molar-refractivity contribution >= 4 is 23.4 Å². The number of hydrogen-bond donors (Lipinski definition) is 2. The summed E-state index contributed by atoms with van der Waals surface area (Å²) >= 11 is 1.70. The van der Waals surface area contributed by atoms with Gasteiger partial charge >= 0.3 is 0 Å². The molecule has 2 N–H and O–H groups in total. The van der Waals surface area contributed by atoms with E-state index < -0.39 is 6.10 Å². The first-order chi connectivity index (χ1) is 14.6. The van der Waals surface area contributed by atoms with E-state index in [9.17, 15) is 4.79 Å². The van der Waals surface area contributed by atoms with Gasteiger partial charge in [0.15, 0.2) is 11.5 Å². The van der Waals surface area contributed by atoms with Gasteiger partial charge in [0.2, 0.25) is 6.10 Å². The maximum atomic E-state index is 12.9. The lowest BCUT2D eigenvalue weighted by molar-refractivity contribution is -0.125. The standard InChI is InChI=1S/C22H24N4O3S/c1-26(2)9-10-30-21-11-15(16-12-23-24-13-16)7-8-17(21)25-22(27)20-14-28-18-5-3-4-6-19(18)29-20/h3-8,11-13,20H,9-10,14H2,1-2H3,(H,23,24)(H,25,27). The lowest BCUT2D eigenvalue weighted by Crippen LogP contribution is -2.40. The molecule has 0 radical (unpaired) electrons. The summed E-state index contributed by atoms with van der Waals surface area (Å²) in [4.78, 5) is 16.0. The van der Waals surface area contributed by atoms with Gasteiger partial charge in [-0.05, 0) is 43.9 Å². The first-order valence-electron chi connectivity index (χ1n) is 9.70. The van der Waals surface area contributed by atoms with Crippen molar-refractivity contribution in [2.75, 3.05) is 38.3 Å². The van der Waals surface area contributed by atoms with E-state index in [0.717, 1.165) is 34.0 Å². The third-order valence-corrected chi connectivity index (χ3v) is 5.70. The summed E-state index contributed by atoms with van der Waals surface area (Å²) < 4.78 is 11.5. The number of hydrogen-bond acceptors (Lipinski definition) is 6. The van der Waals surface area contributed by atoms with E-state index in [4.69, 9.17) is 9.47 Å². The average Bonchev–Trinajstić information content (AvgIpc) is 3.29. The molecule has 0 saturated heterocycles. The smallest absolute Gasteiger partial charge is 0.269 e. The van der Waals surface area contributed by atoms with Crippen LogP contribution in [0.5, 0.6) is 11.5 Å². The second kappa shape index (κ2) is 9.23. The average molecular weight is 425 g/mol. The highest BCUT2D eigenvalue weighted by Crippen LogP contribution is 2.34. The first-order valence-corrected chi connectivity index (χ1v) is 10.7. The highest BCUT2D eigenvalue weighted by atomic mass is 32.2. The number of aromatic nitrogens is 2. The number of benzene rings is 2. The molecule has 1 atom stereocenters. The van der Waals surface area contributed by atoms with E-state index in [1.54, 1.807) is 24.0 Å². The lowest BCUT2D eigenvalue weighted by Gasteiger charge is -2.26. The Bertz CT molecular complexity index is 1010. The molecule has 4 rings (SSSR count).